The lowest BCUT2D eigenvalue weighted by molar-refractivity contribution is 0.0809. The summed E-state index contributed by atoms with van der Waals surface area (Å²) in [6.07, 6.45) is 4.75. The molecule has 1 heterocycles. The molecule has 0 aromatic carbocycles. The van der Waals surface area contributed by atoms with Crippen molar-refractivity contribution in [1.82, 2.24) is 0 Å². The lowest BCUT2D eigenvalue weighted by Crippen LogP contribution is -1.80. The minimum Gasteiger partial charge on any atom is -0.453 e. The highest BCUT2D eigenvalue weighted by atomic mass is 35.5. The third-order valence-corrected chi connectivity index (χ3v) is 1.39. The third-order valence-electron chi connectivity index (χ3n) is 1.10. The van der Waals surface area contributed by atoms with E-state index >= 15 is 0 Å². The van der Waals surface area contributed by atoms with E-state index in [1.165, 1.54) is 0 Å². The van der Waals surface area contributed by atoms with E-state index < -0.39 is 0 Å². The summed E-state index contributed by atoms with van der Waals surface area (Å²) in [6.45, 7) is 2.28. The Labute approximate surface area is 65.1 Å². The molecule has 0 aliphatic carbocycles. The average Bonchev–Trinajstić information content (AvgIpc) is 2.31. The van der Waals surface area contributed by atoms with Gasteiger partial charge in [-0.1, -0.05) is 13.0 Å². The van der Waals surface area contributed by atoms with Gasteiger partial charge in [-0.3, -0.25) is 0 Å². The van der Waals surface area contributed by atoms with Gasteiger partial charge in [0.1, 0.15) is 0 Å². The molecule has 0 radical (unpaired) electrons. The van der Waals surface area contributed by atoms with Crippen molar-refractivity contribution in [3.8, 4) is 0 Å². The standard InChI is InChI=1S/C7H9ClO2/c1-2-3-4-6-7(8)10-5-9-6/h3-4H,2,5H2,1H3/b4-3-. The zero-order chi connectivity index (χ0) is 7.40. The largest absolute Gasteiger partial charge is 0.453 e. The van der Waals surface area contributed by atoms with Gasteiger partial charge in [0.05, 0.1) is 0 Å². The Hall–Kier alpha value is -0.630. The Morgan fingerprint density at radius 2 is 2.40 bits per heavy atom. The van der Waals surface area contributed by atoms with Crippen LogP contribution in [0.1, 0.15) is 13.3 Å². The molecule has 0 aromatic heterocycles. The van der Waals surface area contributed by atoms with E-state index in [1.807, 2.05) is 19.1 Å². The van der Waals surface area contributed by atoms with Gasteiger partial charge >= 0.3 is 0 Å². The predicted molar refractivity (Wildman–Crippen MR) is 39.3 cm³/mol. The second-order valence-electron chi connectivity index (χ2n) is 1.86. The maximum atomic E-state index is 5.60. The van der Waals surface area contributed by atoms with Crippen molar-refractivity contribution in [2.45, 2.75) is 13.3 Å². The number of ether oxygens (including phenoxy) is 2. The fraction of sp³-hybridized carbons (Fsp3) is 0.429. The first-order chi connectivity index (χ1) is 4.84. The van der Waals surface area contributed by atoms with Gasteiger partial charge in [-0.15, -0.1) is 0 Å². The lowest BCUT2D eigenvalue weighted by atomic mass is 10.4. The second-order valence-corrected chi connectivity index (χ2v) is 2.20. The Morgan fingerprint density at radius 1 is 1.60 bits per heavy atom. The molecule has 10 heavy (non-hydrogen) atoms. The first-order valence-corrected chi connectivity index (χ1v) is 3.54. The number of hydrogen-bond acceptors (Lipinski definition) is 2. The molecule has 2 nitrogen and oxygen atoms in total. The molecule has 0 aromatic rings. The molecule has 1 aliphatic rings. The highest BCUT2D eigenvalue weighted by Crippen LogP contribution is 2.20. The fourth-order valence-corrected chi connectivity index (χ4v) is 0.773. The van der Waals surface area contributed by atoms with E-state index in [9.17, 15) is 0 Å². The van der Waals surface area contributed by atoms with Gasteiger partial charge in [0.25, 0.3) is 0 Å². The van der Waals surface area contributed by atoms with Gasteiger partial charge in [0.15, 0.2) is 5.76 Å². The van der Waals surface area contributed by atoms with Crippen LogP contribution in [0, 0.1) is 0 Å². The summed E-state index contributed by atoms with van der Waals surface area (Å²) >= 11 is 5.60. The molecular formula is C7H9ClO2. The molecule has 0 unspecified atom stereocenters. The topological polar surface area (TPSA) is 18.5 Å². The molecule has 1 rings (SSSR count). The van der Waals surface area contributed by atoms with Crippen LogP contribution in [-0.4, -0.2) is 6.79 Å². The molecule has 0 amide bonds. The van der Waals surface area contributed by atoms with Crippen LogP contribution in [0.3, 0.4) is 0 Å². The quantitative estimate of drug-likeness (QED) is 0.618. The van der Waals surface area contributed by atoms with Crippen LogP contribution in [-0.2, 0) is 9.47 Å². The van der Waals surface area contributed by atoms with E-state index in [4.69, 9.17) is 21.1 Å². The SMILES string of the molecule is CC/C=C\C1=C(Cl)OCO1. The zero-order valence-corrected chi connectivity index (χ0v) is 6.52. The average molecular weight is 161 g/mol. The van der Waals surface area contributed by atoms with Crippen molar-refractivity contribution < 1.29 is 9.47 Å². The minimum absolute atomic E-state index is 0.238. The van der Waals surface area contributed by atoms with Gasteiger partial charge in [-0.25, -0.2) is 0 Å². The van der Waals surface area contributed by atoms with Gasteiger partial charge in [0, 0.05) is 0 Å². The number of halogens is 1. The molecule has 0 saturated heterocycles. The van der Waals surface area contributed by atoms with Crippen LogP contribution >= 0.6 is 11.6 Å². The summed E-state index contributed by atoms with van der Waals surface area (Å²) in [4.78, 5) is 0. The Morgan fingerprint density at radius 3 is 2.90 bits per heavy atom. The molecule has 0 N–H and O–H groups in total. The van der Waals surface area contributed by atoms with Crippen LogP contribution in [0.2, 0.25) is 0 Å². The third kappa shape index (κ3) is 1.67. The van der Waals surface area contributed by atoms with E-state index in [0.717, 1.165) is 6.42 Å². The lowest BCUT2D eigenvalue weighted by Gasteiger charge is -1.89. The molecule has 0 saturated carbocycles. The van der Waals surface area contributed by atoms with Gasteiger partial charge in [-0.05, 0) is 24.1 Å². The van der Waals surface area contributed by atoms with Crippen molar-refractivity contribution in [2.24, 2.45) is 0 Å². The van der Waals surface area contributed by atoms with Crippen molar-refractivity contribution in [3.63, 3.8) is 0 Å². The van der Waals surface area contributed by atoms with Crippen LogP contribution in [0.4, 0.5) is 0 Å². The van der Waals surface area contributed by atoms with E-state index in [-0.39, 0.29) is 6.79 Å². The Kier molecular flexibility index (Phi) is 2.63. The first-order valence-electron chi connectivity index (χ1n) is 3.16. The summed E-state index contributed by atoms with van der Waals surface area (Å²) in [5, 5.41) is 0.352. The van der Waals surface area contributed by atoms with E-state index in [1.54, 1.807) is 0 Å². The smallest absolute Gasteiger partial charge is 0.233 e. The van der Waals surface area contributed by atoms with E-state index in [2.05, 4.69) is 0 Å². The highest BCUT2D eigenvalue weighted by molar-refractivity contribution is 6.28. The maximum absolute atomic E-state index is 5.60. The number of allylic oxidation sites excluding steroid dienone is 2. The summed E-state index contributed by atoms with van der Waals surface area (Å²) in [7, 11) is 0. The molecule has 56 valence electrons. The molecule has 0 spiro atoms. The van der Waals surface area contributed by atoms with Gasteiger partial charge in [-0.2, -0.15) is 0 Å². The summed E-state index contributed by atoms with van der Waals surface area (Å²) in [5.74, 6) is 0.628. The van der Waals surface area contributed by atoms with Gasteiger partial charge < -0.3 is 9.47 Å². The van der Waals surface area contributed by atoms with Crippen molar-refractivity contribution in [2.75, 3.05) is 6.79 Å². The molecule has 3 heteroatoms. The van der Waals surface area contributed by atoms with Crippen LogP contribution in [0.15, 0.2) is 23.1 Å². The molecular weight excluding hydrogens is 152 g/mol. The number of hydrogen-bond donors (Lipinski definition) is 0. The van der Waals surface area contributed by atoms with Crippen LogP contribution in [0.5, 0.6) is 0 Å². The maximum Gasteiger partial charge on any atom is 0.233 e. The Bertz CT molecular complexity index is 172. The molecule has 0 fully saturated rings. The summed E-state index contributed by atoms with van der Waals surface area (Å²) in [6, 6.07) is 0. The second kappa shape index (κ2) is 3.52. The van der Waals surface area contributed by atoms with Crippen molar-refractivity contribution >= 4 is 11.6 Å². The minimum atomic E-state index is 0.238. The fourth-order valence-electron chi connectivity index (χ4n) is 0.611. The molecule has 1 aliphatic heterocycles. The van der Waals surface area contributed by atoms with Gasteiger partial charge in [0.2, 0.25) is 12.0 Å². The summed E-state index contributed by atoms with van der Waals surface area (Å²) < 4.78 is 9.84. The highest BCUT2D eigenvalue weighted by Gasteiger charge is 2.10. The molecule has 0 bridgehead atoms. The monoisotopic (exact) mass is 160 g/mol. The number of rotatable bonds is 2. The zero-order valence-electron chi connectivity index (χ0n) is 5.76. The predicted octanol–water partition coefficient (Wildman–Crippen LogP) is 2.36. The molecule has 0 atom stereocenters. The van der Waals surface area contributed by atoms with E-state index in [0.29, 0.717) is 11.0 Å². The first kappa shape index (κ1) is 7.48. The summed E-state index contributed by atoms with van der Waals surface area (Å²) in [5.41, 5.74) is 0. The normalized spacial score (nSPS) is 17.8. The van der Waals surface area contributed by atoms with Crippen LogP contribution in [0.25, 0.3) is 0 Å². The van der Waals surface area contributed by atoms with Crippen LogP contribution < -0.4 is 0 Å². The van der Waals surface area contributed by atoms with Crippen molar-refractivity contribution in [1.29, 1.82) is 0 Å². The Balaban J connectivity index is 2.54. The van der Waals surface area contributed by atoms with Crippen molar-refractivity contribution in [3.05, 3.63) is 23.1 Å².